The Balaban J connectivity index is 1.77. The zero-order chi connectivity index (χ0) is 16.5. The summed E-state index contributed by atoms with van der Waals surface area (Å²) < 4.78 is 11.2. The third kappa shape index (κ3) is 5.43. The third-order valence-electron chi connectivity index (χ3n) is 4.27. The molecule has 1 aliphatic heterocycles. The van der Waals surface area contributed by atoms with E-state index in [1.54, 1.807) is 0 Å². The molecule has 0 unspecified atom stereocenters. The van der Waals surface area contributed by atoms with Gasteiger partial charge in [0.15, 0.2) is 18.1 Å². The molecule has 0 aliphatic carbocycles. The van der Waals surface area contributed by atoms with E-state index in [0.29, 0.717) is 18.1 Å². The van der Waals surface area contributed by atoms with Crippen molar-refractivity contribution in [3.8, 4) is 11.5 Å². The molecule has 1 amide bonds. The fourth-order valence-electron chi connectivity index (χ4n) is 2.89. The highest BCUT2D eigenvalue weighted by atomic mass is 16.5. The first kappa shape index (κ1) is 17.6. The molecule has 0 spiro atoms. The monoisotopic (exact) mass is 320 g/mol. The number of carbonyl (C=O) groups excluding carboxylic acids is 1. The second kappa shape index (κ2) is 9.40. The van der Waals surface area contributed by atoms with Gasteiger partial charge in [0.1, 0.15) is 0 Å². The van der Waals surface area contributed by atoms with Crippen LogP contribution in [0.3, 0.4) is 0 Å². The number of ether oxygens (including phenoxy) is 2. The molecule has 1 heterocycles. The highest BCUT2D eigenvalue weighted by Crippen LogP contribution is 2.26. The van der Waals surface area contributed by atoms with E-state index in [-0.39, 0.29) is 12.5 Å². The number of likely N-dealkylation sites (tertiary alicyclic amines) is 1. The van der Waals surface area contributed by atoms with Crippen molar-refractivity contribution in [3.05, 3.63) is 24.3 Å². The van der Waals surface area contributed by atoms with Gasteiger partial charge in [-0.05, 0) is 57.8 Å². The molecule has 23 heavy (non-hydrogen) atoms. The van der Waals surface area contributed by atoms with Crippen molar-refractivity contribution in [2.24, 2.45) is 5.92 Å². The number of nitrogens with zero attached hydrogens (tertiary/aromatic N) is 1. The third-order valence-corrected chi connectivity index (χ3v) is 4.27. The zero-order valence-corrected chi connectivity index (χ0v) is 14.2. The Kier molecular flexibility index (Phi) is 7.20. The number of amides is 1. The van der Waals surface area contributed by atoms with Gasteiger partial charge in [-0.3, -0.25) is 4.79 Å². The Morgan fingerprint density at radius 1 is 1.22 bits per heavy atom. The minimum absolute atomic E-state index is 0.0587. The zero-order valence-electron chi connectivity index (χ0n) is 14.2. The number of rotatable bonds is 8. The molecule has 1 fully saturated rings. The fourth-order valence-corrected chi connectivity index (χ4v) is 2.89. The van der Waals surface area contributed by atoms with Gasteiger partial charge in [0.2, 0.25) is 0 Å². The molecule has 128 valence electrons. The molecule has 5 heteroatoms. The molecule has 1 aromatic rings. The van der Waals surface area contributed by atoms with E-state index in [1.165, 1.54) is 6.42 Å². The Hall–Kier alpha value is -1.75. The average Bonchev–Trinajstić information content (AvgIpc) is 2.59. The number of hydrogen-bond donors (Lipinski definition) is 1. The molecule has 1 N–H and O–H groups in total. The summed E-state index contributed by atoms with van der Waals surface area (Å²) in [5.74, 6) is 2.11. The smallest absolute Gasteiger partial charge is 0.260 e. The largest absolute Gasteiger partial charge is 0.490 e. The first-order valence-electron chi connectivity index (χ1n) is 8.51. The first-order valence-corrected chi connectivity index (χ1v) is 8.51. The molecule has 0 saturated carbocycles. The lowest BCUT2D eigenvalue weighted by atomic mass is 9.93. The van der Waals surface area contributed by atoms with Crippen LogP contribution in [0, 0.1) is 5.92 Å². The fraction of sp³-hybridized carbons (Fsp3) is 0.611. The minimum atomic E-state index is 0.0587. The van der Waals surface area contributed by atoms with E-state index >= 15 is 0 Å². The quantitative estimate of drug-likeness (QED) is 0.798. The van der Waals surface area contributed by atoms with E-state index < -0.39 is 0 Å². The van der Waals surface area contributed by atoms with Gasteiger partial charge in [0.25, 0.3) is 5.91 Å². The normalized spacial score (nSPS) is 15.5. The lowest BCUT2D eigenvalue weighted by Gasteiger charge is -2.32. The summed E-state index contributed by atoms with van der Waals surface area (Å²) >= 11 is 0. The number of hydrogen-bond acceptors (Lipinski definition) is 4. The second-order valence-electron chi connectivity index (χ2n) is 5.88. The Bertz CT molecular complexity index is 485. The van der Waals surface area contributed by atoms with Crippen LogP contribution < -0.4 is 14.8 Å². The number of piperidine rings is 1. The maximum atomic E-state index is 12.3. The second-order valence-corrected chi connectivity index (χ2v) is 5.88. The maximum Gasteiger partial charge on any atom is 0.260 e. The summed E-state index contributed by atoms with van der Waals surface area (Å²) in [7, 11) is 1.98. The summed E-state index contributed by atoms with van der Waals surface area (Å²) in [4.78, 5) is 14.2. The van der Waals surface area contributed by atoms with Crippen LogP contribution in [-0.2, 0) is 4.79 Å². The molecule has 1 aromatic carbocycles. The van der Waals surface area contributed by atoms with Gasteiger partial charge >= 0.3 is 0 Å². The molecule has 0 atom stereocenters. The number of carbonyl (C=O) groups is 1. The minimum Gasteiger partial charge on any atom is -0.490 e. The van der Waals surface area contributed by atoms with Crippen molar-refractivity contribution >= 4 is 5.91 Å². The van der Waals surface area contributed by atoms with Crippen LogP contribution in [0.4, 0.5) is 0 Å². The van der Waals surface area contributed by atoms with Gasteiger partial charge in [-0.15, -0.1) is 0 Å². The van der Waals surface area contributed by atoms with E-state index in [4.69, 9.17) is 9.47 Å². The molecule has 5 nitrogen and oxygen atoms in total. The SMILES string of the molecule is CCOc1ccccc1OCC(=O)N1CCC(CCNC)CC1. The number of nitrogens with one attached hydrogen (secondary N) is 1. The van der Waals surface area contributed by atoms with Gasteiger partial charge in [0.05, 0.1) is 6.61 Å². The van der Waals surface area contributed by atoms with Crippen molar-refractivity contribution in [1.82, 2.24) is 10.2 Å². The van der Waals surface area contributed by atoms with Crippen LogP contribution >= 0.6 is 0 Å². The van der Waals surface area contributed by atoms with Crippen LogP contribution in [0.1, 0.15) is 26.2 Å². The van der Waals surface area contributed by atoms with Gasteiger partial charge in [-0.25, -0.2) is 0 Å². The van der Waals surface area contributed by atoms with Crippen LogP contribution in [0.2, 0.25) is 0 Å². The van der Waals surface area contributed by atoms with Gasteiger partial charge < -0.3 is 19.7 Å². The Labute approximate surface area is 139 Å². The van der Waals surface area contributed by atoms with E-state index in [9.17, 15) is 4.79 Å². The molecular formula is C18H28N2O3. The standard InChI is InChI=1S/C18H28N2O3/c1-3-22-16-6-4-5-7-17(16)23-14-18(21)20-12-9-15(10-13-20)8-11-19-2/h4-7,15,19H,3,8-14H2,1-2H3. The van der Waals surface area contributed by atoms with Crippen molar-refractivity contribution in [1.29, 1.82) is 0 Å². The van der Waals surface area contributed by atoms with Crippen molar-refractivity contribution < 1.29 is 14.3 Å². The van der Waals surface area contributed by atoms with Crippen LogP contribution in [0.25, 0.3) is 0 Å². The highest BCUT2D eigenvalue weighted by molar-refractivity contribution is 5.78. The molecule has 1 aliphatic rings. The Morgan fingerprint density at radius 3 is 2.48 bits per heavy atom. The van der Waals surface area contributed by atoms with E-state index in [0.717, 1.165) is 38.4 Å². The van der Waals surface area contributed by atoms with E-state index in [2.05, 4.69) is 5.32 Å². The predicted octanol–water partition coefficient (Wildman–Crippen LogP) is 2.31. The van der Waals surface area contributed by atoms with Gasteiger partial charge in [0, 0.05) is 13.1 Å². The van der Waals surface area contributed by atoms with Crippen LogP contribution in [-0.4, -0.2) is 50.7 Å². The molecule has 0 bridgehead atoms. The lowest BCUT2D eigenvalue weighted by Crippen LogP contribution is -2.41. The molecule has 0 aromatic heterocycles. The number of para-hydroxylation sites is 2. The maximum absolute atomic E-state index is 12.3. The van der Waals surface area contributed by atoms with Gasteiger partial charge in [-0.2, -0.15) is 0 Å². The van der Waals surface area contributed by atoms with Crippen LogP contribution in [0.5, 0.6) is 11.5 Å². The van der Waals surface area contributed by atoms with Crippen molar-refractivity contribution in [2.75, 3.05) is 39.9 Å². The highest BCUT2D eigenvalue weighted by Gasteiger charge is 2.22. The van der Waals surface area contributed by atoms with Crippen LogP contribution in [0.15, 0.2) is 24.3 Å². The summed E-state index contributed by atoms with van der Waals surface area (Å²) in [5.41, 5.74) is 0. The lowest BCUT2D eigenvalue weighted by molar-refractivity contribution is -0.134. The molecule has 1 saturated heterocycles. The summed E-state index contributed by atoms with van der Waals surface area (Å²) in [6, 6.07) is 7.48. The molecule has 0 radical (unpaired) electrons. The van der Waals surface area contributed by atoms with Crippen molar-refractivity contribution in [3.63, 3.8) is 0 Å². The Morgan fingerprint density at radius 2 is 1.87 bits per heavy atom. The predicted molar refractivity (Wildman–Crippen MR) is 91.0 cm³/mol. The van der Waals surface area contributed by atoms with Crippen molar-refractivity contribution in [2.45, 2.75) is 26.2 Å². The topological polar surface area (TPSA) is 50.8 Å². The first-order chi connectivity index (χ1) is 11.2. The summed E-state index contributed by atoms with van der Waals surface area (Å²) in [6.45, 7) is 5.31. The summed E-state index contributed by atoms with van der Waals surface area (Å²) in [6.07, 6.45) is 3.36. The molecular weight excluding hydrogens is 292 g/mol. The summed E-state index contributed by atoms with van der Waals surface area (Å²) in [5, 5.41) is 3.19. The average molecular weight is 320 g/mol. The molecule has 2 rings (SSSR count). The van der Waals surface area contributed by atoms with Gasteiger partial charge in [-0.1, -0.05) is 12.1 Å². The van der Waals surface area contributed by atoms with E-state index in [1.807, 2.05) is 43.1 Å². The number of benzene rings is 1.